The normalized spacial score (nSPS) is 11.4. The van der Waals surface area contributed by atoms with E-state index in [0.717, 1.165) is 39.1 Å². The average molecular weight is 274 g/mol. The molecule has 0 fully saturated rings. The van der Waals surface area contributed by atoms with E-state index in [9.17, 15) is 0 Å². The second kappa shape index (κ2) is 15.9. The summed E-state index contributed by atoms with van der Waals surface area (Å²) in [5.41, 5.74) is 0. The fourth-order valence-corrected chi connectivity index (χ4v) is 1.74. The van der Waals surface area contributed by atoms with E-state index in [1.165, 1.54) is 38.5 Å². The van der Waals surface area contributed by atoms with Gasteiger partial charge < -0.3 is 14.2 Å². The second-order valence-electron chi connectivity index (χ2n) is 5.02. The largest absolute Gasteiger partial charge is 0.330 e. The van der Waals surface area contributed by atoms with Crippen LogP contribution < -0.4 is 0 Å². The fourth-order valence-electron chi connectivity index (χ4n) is 1.74. The highest BCUT2D eigenvalue weighted by molar-refractivity contribution is 4.41. The summed E-state index contributed by atoms with van der Waals surface area (Å²) in [7, 11) is 0. The van der Waals surface area contributed by atoms with Crippen LogP contribution in [0.4, 0.5) is 0 Å². The molecule has 0 aromatic carbocycles. The first-order valence-electron chi connectivity index (χ1n) is 8.19. The van der Waals surface area contributed by atoms with Crippen LogP contribution in [0.15, 0.2) is 0 Å². The van der Waals surface area contributed by atoms with Crippen molar-refractivity contribution in [3.8, 4) is 0 Å². The molecule has 0 amide bonds. The monoisotopic (exact) mass is 274 g/mol. The predicted octanol–water partition coefficient (Wildman–Crippen LogP) is 4.89. The number of unbranched alkanes of at least 4 members (excludes halogenated alkanes) is 6. The molecule has 116 valence electrons. The smallest absolute Gasteiger partial charge is 0.271 e. The van der Waals surface area contributed by atoms with Gasteiger partial charge >= 0.3 is 0 Å². The molecule has 0 aromatic rings. The van der Waals surface area contributed by atoms with Gasteiger partial charge in [0.2, 0.25) is 0 Å². The summed E-state index contributed by atoms with van der Waals surface area (Å²) < 4.78 is 17.0. The Labute approximate surface area is 120 Å². The molecule has 0 aliphatic heterocycles. The van der Waals surface area contributed by atoms with E-state index in [0.29, 0.717) is 0 Å². The fraction of sp³-hybridized carbons (Fsp3) is 1.00. The van der Waals surface area contributed by atoms with Crippen molar-refractivity contribution in [3.63, 3.8) is 0 Å². The maximum atomic E-state index is 5.66. The highest BCUT2D eigenvalue weighted by atomic mass is 16.8. The van der Waals surface area contributed by atoms with E-state index in [2.05, 4.69) is 20.8 Å². The van der Waals surface area contributed by atoms with Crippen molar-refractivity contribution in [2.45, 2.75) is 85.0 Å². The molecule has 0 N–H and O–H groups in total. The SMILES string of the molecule is CCCCCOC(OCCCCC)OCCCCC. The van der Waals surface area contributed by atoms with Gasteiger partial charge in [0, 0.05) is 0 Å². The molecule has 0 bridgehead atoms. The summed E-state index contributed by atoms with van der Waals surface area (Å²) in [4.78, 5) is 0. The Balaban J connectivity index is 3.66. The van der Waals surface area contributed by atoms with Gasteiger partial charge in [0.15, 0.2) is 0 Å². The summed E-state index contributed by atoms with van der Waals surface area (Å²) in [6.45, 7) is 8.34. The lowest BCUT2D eigenvalue weighted by molar-refractivity contribution is -0.288. The summed E-state index contributed by atoms with van der Waals surface area (Å²) in [5.74, 6) is 0. The molecule has 0 rings (SSSR count). The molecule has 0 aliphatic carbocycles. The lowest BCUT2D eigenvalue weighted by atomic mass is 10.3. The number of rotatable bonds is 15. The average Bonchev–Trinajstić information content (AvgIpc) is 2.43. The topological polar surface area (TPSA) is 27.7 Å². The molecule has 19 heavy (non-hydrogen) atoms. The van der Waals surface area contributed by atoms with Crippen LogP contribution in [-0.2, 0) is 14.2 Å². The molecule has 3 nitrogen and oxygen atoms in total. The van der Waals surface area contributed by atoms with E-state index >= 15 is 0 Å². The first-order chi connectivity index (χ1) is 9.35. The lowest BCUT2D eigenvalue weighted by Gasteiger charge is -2.19. The van der Waals surface area contributed by atoms with Gasteiger partial charge in [-0.2, -0.15) is 0 Å². The van der Waals surface area contributed by atoms with E-state index < -0.39 is 6.48 Å². The van der Waals surface area contributed by atoms with Crippen molar-refractivity contribution in [2.75, 3.05) is 19.8 Å². The van der Waals surface area contributed by atoms with E-state index in [1.807, 2.05) is 0 Å². The van der Waals surface area contributed by atoms with Gasteiger partial charge in [-0.1, -0.05) is 59.3 Å². The van der Waals surface area contributed by atoms with Crippen LogP contribution in [0, 0.1) is 0 Å². The Morgan fingerprint density at radius 3 is 1.11 bits per heavy atom. The van der Waals surface area contributed by atoms with Gasteiger partial charge in [0.1, 0.15) is 0 Å². The summed E-state index contributed by atoms with van der Waals surface area (Å²) in [6, 6.07) is 0. The molecular weight excluding hydrogens is 240 g/mol. The first-order valence-corrected chi connectivity index (χ1v) is 8.19. The minimum absolute atomic E-state index is 0.453. The van der Waals surface area contributed by atoms with Crippen LogP contribution >= 0.6 is 0 Å². The molecule has 0 saturated heterocycles. The minimum atomic E-state index is -0.453. The zero-order valence-corrected chi connectivity index (χ0v) is 13.3. The standard InChI is InChI=1S/C16H34O3/c1-4-7-10-13-17-16(18-14-11-8-5-2)19-15-12-9-6-3/h16H,4-15H2,1-3H3. The van der Waals surface area contributed by atoms with Crippen LogP contribution in [0.25, 0.3) is 0 Å². The van der Waals surface area contributed by atoms with Crippen molar-refractivity contribution >= 4 is 0 Å². The molecule has 0 saturated carbocycles. The van der Waals surface area contributed by atoms with Crippen LogP contribution in [0.3, 0.4) is 0 Å². The van der Waals surface area contributed by atoms with E-state index in [4.69, 9.17) is 14.2 Å². The Kier molecular flexibility index (Phi) is 15.8. The summed E-state index contributed by atoms with van der Waals surface area (Å²) >= 11 is 0. The van der Waals surface area contributed by atoms with Gasteiger partial charge in [0.05, 0.1) is 19.8 Å². The quantitative estimate of drug-likeness (QED) is 0.314. The molecule has 0 unspecified atom stereocenters. The first kappa shape index (κ1) is 18.9. The Morgan fingerprint density at radius 1 is 0.526 bits per heavy atom. The molecule has 0 spiro atoms. The molecule has 0 aliphatic rings. The Hall–Kier alpha value is -0.120. The highest BCUT2D eigenvalue weighted by Crippen LogP contribution is 2.06. The number of hydrogen-bond acceptors (Lipinski definition) is 3. The maximum Gasteiger partial charge on any atom is 0.271 e. The third-order valence-electron chi connectivity index (χ3n) is 3.01. The van der Waals surface area contributed by atoms with Crippen molar-refractivity contribution in [1.29, 1.82) is 0 Å². The molecule has 0 radical (unpaired) electrons. The Morgan fingerprint density at radius 2 is 0.842 bits per heavy atom. The molecule has 3 heteroatoms. The third-order valence-corrected chi connectivity index (χ3v) is 3.01. The van der Waals surface area contributed by atoms with Gasteiger partial charge in [0.25, 0.3) is 6.48 Å². The second-order valence-corrected chi connectivity index (χ2v) is 5.02. The molecule has 0 atom stereocenters. The van der Waals surface area contributed by atoms with Gasteiger partial charge in [-0.25, -0.2) is 0 Å². The predicted molar refractivity (Wildman–Crippen MR) is 80.2 cm³/mol. The summed E-state index contributed by atoms with van der Waals surface area (Å²) in [6.07, 6.45) is 10.5. The van der Waals surface area contributed by atoms with Gasteiger partial charge in [-0.05, 0) is 19.3 Å². The lowest BCUT2D eigenvalue weighted by Crippen LogP contribution is -2.23. The van der Waals surface area contributed by atoms with E-state index in [1.54, 1.807) is 0 Å². The maximum absolute atomic E-state index is 5.66. The van der Waals surface area contributed by atoms with Crippen molar-refractivity contribution < 1.29 is 14.2 Å². The van der Waals surface area contributed by atoms with Gasteiger partial charge in [-0.15, -0.1) is 0 Å². The minimum Gasteiger partial charge on any atom is -0.330 e. The zero-order valence-electron chi connectivity index (χ0n) is 13.3. The third kappa shape index (κ3) is 14.1. The van der Waals surface area contributed by atoms with Gasteiger partial charge in [-0.3, -0.25) is 0 Å². The molecule has 0 heterocycles. The number of hydrogen-bond donors (Lipinski definition) is 0. The molecule has 0 aromatic heterocycles. The van der Waals surface area contributed by atoms with Crippen LogP contribution in [0.2, 0.25) is 0 Å². The molecular formula is C16H34O3. The van der Waals surface area contributed by atoms with E-state index in [-0.39, 0.29) is 0 Å². The Bertz CT molecular complexity index is 134. The zero-order chi connectivity index (χ0) is 14.2. The number of ether oxygens (including phenoxy) is 3. The van der Waals surface area contributed by atoms with Crippen molar-refractivity contribution in [2.24, 2.45) is 0 Å². The van der Waals surface area contributed by atoms with Crippen LogP contribution in [0.5, 0.6) is 0 Å². The summed E-state index contributed by atoms with van der Waals surface area (Å²) in [5, 5.41) is 0. The van der Waals surface area contributed by atoms with Crippen molar-refractivity contribution in [3.05, 3.63) is 0 Å². The van der Waals surface area contributed by atoms with Crippen molar-refractivity contribution in [1.82, 2.24) is 0 Å². The van der Waals surface area contributed by atoms with Crippen LogP contribution in [0.1, 0.15) is 78.6 Å². The van der Waals surface area contributed by atoms with Crippen LogP contribution in [-0.4, -0.2) is 26.3 Å². The highest BCUT2D eigenvalue weighted by Gasteiger charge is 2.09.